The molecule has 0 fully saturated rings. The third kappa shape index (κ3) is 4.25. The van der Waals surface area contributed by atoms with E-state index in [4.69, 9.17) is 10.5 Å². The van der Waals surface area contributed by atoms with Crippen molar-refractivity contribution in [1.29, 1.82) is 0 Å². The molecule has 0 bridgehead atoms. The number of para-hydroxylation sites is 1. The van der Waals surface area contributed by atoms with Gasteiger partial charge in [-0.05, 0) is 36.2 Å². The molecule has 0 aliphatic rings. The molecule has 0 unspecified atom stereocenters. The molecule has 0 spiro atoms. The second-order valence-electron chi connectivity index (χ2n) is 5.09. The van der Waals surface area contributed by atoms with Crippen LogP contribution in [-0.2, 0) is 16.0 Å². The molecule has 1 amide bonds. The maximum absolute atomic E-state index is 12.1. The van der Waals surface area contributed by atoms with Gasteiger partial charge in [0, 0.05) is 5.69 Å². The van der Waals surface area contributed by atoms with Crippen LogP contribution >= 0.6 is 0 Å². The first-order valence-electron chi connectivity index (χ1n) is 7.53. The van der Waals surface area contributed by atoms with Crippen molar-refractivity contribution in [1.82, 2.24) is 0 Å². The van der Waals surface area contributed by atoms with Crippen molar-refractivity contribution in [3.05, 3.63) is 53.6 Å². The maximum Gasteiger partial charge on any atom is 0.337 e. The molecule has 0 aliphatic carbocycles. The van der Waals surface area contributed by atoms with Crippen LogP contribution in [0.3, 0.4) is 0 Å². The lowest BCUT2D eigenvalue weighted by Gasteiger charge is -2.12. The standard InChI is InChI=1S/C18H20N2O4/c1-3-12-6-4-5-7-15(12)20-17(21)11-24-16-10-13(18(22)23-2)8-9-14(16)19/h4-10H,3,11,19H2,1-2H3,(H,20,21). The number of nitrogen functional groups attached to an aromatic ring is 1. The summed E-state index contributed by atoms with van der Waals surface area (Å²) in [4.78, 5) is 23.6. The first-order valence-corrected chi connectivity index (χ1v) is 7.53. The normalized spacial score (nSPS) is 10.1. The van der Waals surface area contributed by atoms with E-state index >= 15 is 0 Å². The molecule has 6 nitrogen and oxygen atoms in total. The molecule has 6 heteroatoms. The molecule has 0 heterocycles. The van der Waals surface area contributed by atoms with Crippen molar-refractivity contribution in [2.75, 3.05) is 24.8 Å². The number of anilines is 2. The third-order valence-corrected chi connectivity index (χ3v) is 3.47. The highest BCUT2D eigenvalue weighted by molar-refractivity contribution is 5.93. The molecule has 0 saturated carbocycles. The zero-order valence-corrected chi connectivity index (χ0v) is 13.7. The quantitative estimate of drug-likeness (QED) is 0.628. The Balaban J connectivity index is 2.02. The van der Waals surface area contributed by atoms with Crippen LogP contribution < -0.4 is 15.8 Å². The minimum Gasteiger partial charge on any atom is -0.482 e. The van der Waals surface area contributed by atoms with Gasteiger partial charge < -0.3 is 20.5 Å². The SMILES string of the molecule is CCc1ccccc1NC(=O)COc1cc(C(=O)OC)ccc1N. The number of esters is 1. The minimum atomic E-state index is -0.499. The average Bonchev–Trinajstić information content (AvgIpc) is 2.60. The lowest BCUT2D eigenvalue weighted by atomic mass is 10.1. The summed E-state index contributed by atoms with van der Waals surface area (Å²) in [7, 11) is 1.29. The van der Waals surface area contributed by atoms with Crippen LogP contribution in [0.1, 0.15) is 22.8 Å². The highest BCUT2D eigenvalue weighted by Gasteiger charge is 2.11. The van der Waals surface area contributed by atoms with E-state index in [1.807, 2.05) is 31.2 Å². The Kier molecular flexibility index (Phi) is 5.78. The topological polar surface area (TPSA) is 90.6 Å². The van der Waals surface area contributed by atoms with Gasteiger partial charge >= 0.3 is 5.97 Å². The minimum absolute atomic E-state index is 0.215. The van der Waals surface area contributed by atoms with E-state index in [9.17, 15) is 9.59 Å². The van der Waals surface area contributed by atoms with Gasteiger partial charge in [-0.1, -0.05) is 25.1 Å². The van der Waals surface area contributed by atoms with Gasteiger partial charge in [0.25, 0.3) is 5.91 Å². The smallest absolute Gasteiger partial charge is 0.337 e. The van der Waals surface area contributed by atoms with Crippen molar-refractivity contribution in [2.24, 2.45) is 0 Å². The van der Waals surface area contributed by atoms with Gasteiger partial charge in [-0.3, -0.25) is 4.79 Å². The van der Waals surface area contributed by atoms with E-state index in [0.29, 0.717) is 11.3 Å². The number of ether oxygens (including phenoxy) is 2. The number of amides is 1. The van der Waals surface area contributed by atoms with Gasteiger partial charge in [0.15, 0.2) is 6.61 Å². The van der Waals surface area contributed by atoms with Gasteiger partial charge in [-0.25, -0.2) is 4.79 Å². The van der Waals surface area contributed by atoms with Gasteiger partial charge in [0.1, 0.15) is 5.75 Å². The molecule has 3 N–H and O–H groups in total. The first-order chi connectivity index (χ1) is 11.5. The zero-order chi connectivity index (χ0) is 17.5. The number of methoxy groups -OCH3 is 1. The number of carbonyl (C=O) groups is 2. The van der Waals surface area contributed by atoms with Gasteiger partial charge in [-0.15, -0.1) is 0 Å². The Morgan fingerprint density at radius 1 is 1.17 bits per heavy atom. The van der Waals surface area contributed by atoms with Crippen molar-refractivity contribution in [3.63, 3.8) is 0 Å². The number of benzene rings is 2. The van der Waals surface area contributed by atoms with E-state index in [1.54, 1.807) is 0 Å². The second kappa shape index (κ2) is 8.01. The van der Waals surface area contributed by atoms with Gasteiger partial charge in [0.05, 0.1) is 18.4 Å². The second-order valence-corrected chi connectivity index (χ2v) is 5.09. The number of aryl methyl sites for hydroxylation is 1. The molecule has 126 valence electrons. The Morgan fingerprint density at radius 3 is 2.62 bits per heavy atom. The molecule has 2 aromatic carbocycles. The highest BCUT2D eigenvalue weighted by Crippen LogP contribution is 2.23. The molecule has 0 aromatic heterocycles. The lowest BCUT2D eigenvalue weighted by molar-refractivity contribution is -0.118. The fourth-order valence-corrected chi connectivity index (χ4v) is 2.18. The number of hydrogen-bond acceptors (Lipinski definition) is 5. The van der Waals surface area contributed by atoms with E-state index in [-0.39, 0.29) is 18.3 Å². The average molecular weight is 328 g/mol. The summed E-state index contributed by atoms with van der Waals surface area (Å²) in [5.74, 6) is -0.545. The van der Waals surface area contributed by atoms with E-state index < -0.39 is 5.97 Å². The molecule has 0 radical (unpaired) electrons. The number of rotatable bonds is 6. The van der Waals surface area contributed by atoms with Crippen LogP contribution in [0.2, 0.25) is 0 Å². The number of nitrogens with one attached hydrogen (secondary N) is 1. The Bertz CT molecular complexity index is 744. The fraction of sp³-hybridized carbons (Fsp3) is 0.222. The molecule has 24 heavy (non-hydrogen) atoms. The molecule has 0 aliphatic heterocycles. The summed E-state index contributed by atoms with van der Waals surface area (Å²) in [6.07, 6.45) is 0.811. The fourth-order valence-electron chi connectivity index (χ4n) is 2.18. The zero-order valence-electron chi connectivity index (χ0n) is 13.7. The van der Waals surface area contributed by atoms with Crippen molar-refractivity contribution in [3.8, 4) is 5.75 Å². The number of nitrogens with two attached hydrogens (primary N) is 1. The summed E-state index contributed by atoms with van der Waals surface area (Å²) >= 11 is 0. The summed E-state index contributed by atoms with van der Waals surface area (Å²) in [6.45, 7) is 1.80. The largest absolute Gasteiger partial charge is 0.482 e. The molecular formula is C18H20N2O4. The number of carbonyl (C=O) groups excluding carboxylic acids is 2. The van der Waals surface area contributed by atoms with Gasteiger partial charge in [-0.2, -0.15) is 0 Å². The van der Waals surface area contributed by atoms with Crippen molar-refractivity contribution >= 4 is 23.3 Å². The van der Waals surface area contributed by atoms with Crippen LogP contribution in [0.4, 0.5) is 11.4 Å². The van der Waals surface area contributed by atoms with Crippen LogP contribution in [0.25, 0.3) is 0 Å². The summed E-state index contributed by atoms with van der Waals surface area (Å²) in [6, 6.07) is 12.1. The van der Waals surface area contributed by atoms with Crippen LogP contribution in [0.15, 0.2) is 42.5 Å². The van der Waals surface area contributed by atoms with E-state index in [0.717, 1.165) is 17.7 Å². The first kappa shape index (κ1) is 17.3. The Hall–Kier alpha value is -3.02. The monoisotopic (exact) mass is 328 g/mol. The Morgan fingerprint density at radius 2 is 1.92 bits per heavy atom. The van der Waals surface area contributed by atoms with Crippen molar-refractivity contribution < 1.29 is 19.1 Å². The summed E-state index contributed by atoms with van der Waals surface area (Å²) in [5.41, 5.74) is 8.24. The number of hydrogen-bond donors (Lipinski definition) is 2. The summed E-state index contributed by atoms with van der Waals surface area (Å²) in [5, 5.41) is 2.80. The maximum atomic E-state index is 12.1. The van der Waals surface area contributed by atoms with Crippen LogP contribution in [0, 0.1) is 0 Å². The molecular weight excluding hydrogens is 308 g/mol. The molecule has 0 saturated heterocycles. The third-order valence-electron chi connectivity index (χ3n) is 3.47. The van der Waals surface area contributed by atoms with Crippen LogP contribution in [-0.4, -0.2) is 25.6 Å². The predicted octanol–water partition coefficient (Wildman–Crippen LogP) is 2.64. The van der Waals surface area contributed by atoms with Crippen molar-refractivity contribution in [2.45, 2.75) is 13.3 Å². The highest BCUT2D eigenvalue weighted by atomic mass is 16.5. The predicted molar refractivity (Wildman–Crippen MR) is 92.1 cm³/mol. The summed E-state index contributed by atoms with van der Waals surface area (Å²) < 4.78 is 10.1. The molecule has 2 rings (SSSR count). The van der Waals surface area contributed by atoms with E-state index in [1.165, 1.54) is 25.3 Å². The molecule has 2 aromatic rings. The van der Waals surface area contributed by atoms with Crippen LogP contribution in [0.5, 0.6) is 5.75 Å². The van der Waals surface area contributed by atoms with E-state index in [2.05, 4.69) is 10.1 Å². The Labute approximate surface area is 140 Å². The van der Waals surface area contributed by atoms with Gasteiger partial charge in [0.2, 0.25) is 0 Å². The lowest BCUT2D eigenvalue weighted by Crippen LogP contribution is -2.21. The molecule has 0 atom stereocenters.